The van der Waals surface area contributed by atoms with Gasteiger partial charge in [-0.05, 0) is 12.1 Å². The number of aromatic nitrogens is 1. The number of benzene rings is 1. The summed E-state index contributed by atoms with van der Waals surface area (Å²) in [6.07, 6.45) is 4.44. The zero-order chi connectivity index (χ0) is 13.9. The van der Waals surface area contributed by atoms with Gasteiger partial charge in [0.25, 0.3) is 5.91 Å². The Balaban J connectivity index is 1.79. The number of aromatic hydroxyl groups is 1. The number of phenols is 1. The van der Waals surface area contributed by atoms with Gasteiger partial charge in [-0.15, -0.1) is 0 Å². The van der Waals surface area contributed by atoms with Crippen molar-refractivity contribution in [3.05, 3.63) is 48.3 Å². The molecule has 3 rings (SSSR count). The minimum Gasteiger partial charge on any atom is -0.506 e. The molecule has 1 amide bonds. The Morgan fingerprint density at radius 1 is 1.30 bits per heavy atom. The second-order valence-electron chi connectivity index (χ2n) is 4.51. The molecule has 1 aliphatic rings. The summed E-state index contributed by atoms with van der Waals surface area (Å²) in [5.74, 6) is -0.203. The van der Waals surface area contributed by atoms with Crippen LogP contribution in [0.2, 0.25) is 0 Å². The first-order chi connectivity index (χ1) is 9.74. The highest BCUT2D eigenvalue weighted by molar-refractivity contribution is 5.99. The molecule has 0 saturated carbocycles. The third-order valence-electron chi connectivity index (χ3n) is 3.10. The van der Waals surface area contributed by atoms with Crippen LogP contribution in [0.3, 0.4) is 0 Å². The zero-order valence-corrected chi connectivity index (χ0v) is 10.7. The van der Waals surface area contributed by atoms with Crippen molar-refractivity contribution in [3.63, 3.8) is 0 Å². The highest BCUT2D eigenvalue weighted by Gasteiger charge is 2.11. The van der Waals surface area contributed by atoms with Gasteiger partial charge < -0.3 is 10.4 Å². The molecule has 2 N–H and O–H groups in total. The number of aliphatic imine (C=N–C) groups is 1. The third-order valence-corrected chi connectivity index (χ3v) is 3.10. The lowest BCUT2D eigenvalue weighted by molar-refractivity contribution is 0.0954. The average Bonchev–Trinajstić information content (AvgIpc) is 2.98. The molecular formula is C15H13N3O2. The SMILES string of the molecule is O=C(NCC1=NC=CC1)c1ccc2cccc(O)c2n1. The van der Waals surface area contributed by atoms with Crippen molar-refractivity contribution in [2.45, 2.75) is 6.42 Å². The number of carbonyl (C=O) groups is 1. The first-order valence-corrected chi connectivity index (χ1v) is 6.31. The molecular weight excluding hydrogens is 254 g/mol. The van der Waals surface area contributed by atoms with Gasteiger partial charge in [0, 0.05) is 23.7 Å². The first-order valence-electron chi connectivity index (χ1n) is 6.31. The van der Waals surface area contributed by atoms with Gasteiger partial charge >= 0.3 is 0 Å². The molecule has 5 heteroatoms. The summed E-state index contributed by atoms with van der Waals surface area (Å²) >= 11 is 0. The van der Waals surface area contributed by atoms with E-state index in [2.05, 4.69) is 15.3 Å². The lowest BCUT2D eigenvalue weighted by atomic mass is 10.2. The molecule has 0 aliphatic carbocycles. The fourth-order valence-corrected chi connectivity index (χ4v) is 2.05. The van der Waals surface area contributed by atoms with Crippen LogP contribution in [-0.4, -0.2) is 28.3 Å². The Bertz CT molecular complexity index is 735. The second kappa shape index (κ2) is 5.13. The molecule has 1 aromatic heterocycles. The Morgan fingerprint density at radius 2 is 2.20 bits per heavy atom. The van der Waals surface area contributed by atoms with Gasteiger partial charge in [-0.3, -0.25) is 9.79 Å². The van der Waals surface area contributed by atoms with Crippen LogP contribution in [0.4, 0.5) is 0 Å². The summed E-state index contributed by atoms with van der Waals surface area (Å²) in [5, 5.41) is 13.3. The van der Waals surface area contributed by atoms with Crippen molar-refractivity contribution >= 4 is 22.5 Å². The van der Waals surface area contributed by atoms with E-state index in [0.29, 0.717) is 12.1 Å². The van der Waals surface area contributed by atoms with Gasteiger partial charge in [0.05, 0.1) is 6.54 Å². The largest absolute Gasteiger partial charge is 0.506 e. The van der Waals surface area contributed by atoms with E-state index in [1.165, 1.54) is 0 Å². The van der Waals surface area contributed by atoms with Crippen LogP contribution < -0.4 is 5.32 Å². The minimum atomic E-state index is -0.273. The van der Waals surface area contributed by atoms with Crippen LogP contribution in [0.25, 0.3) is 10.9 Å². The maximum absolute atomic E-state index is 12.0. The van der Waals surface area contributed by atoms with Crippen LogP contribution >= 0.6 is 0 Å². The van der Waals surface area contributed by atoms with Crippen molar-refractivity contribution in [1.82, 2.24) is 10.3 Å². The highest BCUT2D eigenvalue weighted by atomic mass is 16.3. The number of allylic oxidation sites excluding steroid dienone is 1. The number of phenolic OH excluding ortho intramolecular Hbond substituents is 1. The number of hydrogen-bond acceptors (Lipinski definition) is 4. The maximum Gasteiger partial charge on any atom is 0.270 e. The second-order valence-corrected chi connectivity index (χ2v) is 4.51. The number of hydrogen-bond donors (Lipinski definition) is 2. The van der Waals surface area contributed by atoms with Gasteiger partial charge in [0.2, 0.25) is 0 Å². The Hall–Kier alpha value is -2.69. The number of nitrogens with zero attached hydrogens (tertiary/aromatic N) is 2. The fraction of sp³-hybridized carbons (Fsp3) is 0.133. The number of amides is 1. The van der Waals surface area contributed by atoms with E-state index in [4.69, 9.17) is 0 Å². The van der Waals surface area contributed by atoms with Gasteiger partial charge in [-0.1, -0.05) is 24.3 Å². The molecule has 0 saturated heterocycles. The summed E-state index contributed by atoms with van der Waals surface area (Å²) < 4.78 is 0. The van der Waals surface area contributed by atoms with Crippen molar-refractivity contribution in [2.24, 2.45) is 4.99 Å². The van der Waals surface area contributed by atoms with Gasteiger partial charge in [-0.25, -0.2) is 4.98 Å². The van der Waals surface area contributed by atoms with Gasteiger partial charge in [0.1, 0.15) is 17.0 Å². The molecule has 1 aliphatic heterocycles. The third kappa shape index (κ3) is 2.38. The maximum atomic E-state index is 12.0. The number of para-hydroxylation sites is 1. The average molecular weight is 267 g/mol. The predicted molar refractivity (Wildman–Crippen MR) is 76.9 cm³/mol. The van der Waals surface area contributed by atoms with Gasteiger partial charge in [0.15, 0.2) is 0 Å². The smallest absolute Gasteiger partial charge is 0.270 e. The van der Waals surface area contributed by atoms with Crippen LogP contribution in [0.15, 0.2) is 47.6 Å². The number of nitrogens with one attached hydrogen (secondary N) is 1. The van der Waals surface area contributed by atoms with E-state index in [9.17, 15) is 9.90 Å². The normalized spacial score (nSPS) is 13.5. The molecule has 0 radical (unpaired) electrons. The molecule has 0 atom stereocenters. The summed E-state index contributed by atoms with van der Waals surface area (Å²) in [7, 11) is 0. The lowest BCUT2D eigenvalue weighted by Gasteiger charge is -2.06. The summed E-state index contributed by atoms with van der Waals surface area (Å²) in [6, 6.07) is 8.54. The van der Waals surface area contributed by atoms with E-state index in [-0.39, 0.29) is 17.4 Å². The molecule has 5 nitrogen and oxygen atoms in total. The highest BCUT2D eigenvalue weighted by Crippen LogP contribution is 2.22. The predicted octanol–water partition coefficient (Wildman–Crippen LogP) is 2.03. The van der Waals surface area contributed by atoms with Crippen molar-refractivity contribution < 1.29 is 9.90 Å². The lowest BCUT2D eigenvalue weighted by Crippen LogP contribution is -2.29. The number of carbonyl (C=O) groups excluding carboxylic acids is 1. The molecule has 0 spiro atoms. The molecule has 2 heterocycles. The standard InChI is InChI=1S/C15H13N3O2/c19-13-5-1-3-10-6-7-12(18-14(10)13)15(20)17-9-11-4-2-8-16-11/h1-3,5-8,19H,4,9H2,(H,17,20). The Kier molecular flexibility index (Phi) is 3.16. The van der Waals surface area contributed by atoms with Crippen LogP contribution in [0.1, 0.15) is 16.9 Å². The summed E-state index contributed by atoms with van der Waals surface area (Å²) in [4.78, 5) is 20.4. The first kappa shape index (κ1) is 12.3. The van der Waals surface area contributed by atoms with E-state index in [0.717, 1.165) is 17.5 Å². The van der Waals surface area contributed by atoms with E-state index < -0.39 is 0 Å². The topological polar surface area (TPSA) is 74.6 Å². The number of fused-ring (bicyclic) bond motifs is 1. The molecule has 0 unspecified atom stereocenters. The quantitative estimate of drug-likeness (QED) is 0.893. The van der Waals surface area contributed by atoms with E-state index >= 15 is 0 Å². The molecule has 100 valence electrons. The summed E-state index contributed by atoms with van der Waals surface area (Å²) in [5.41, 5.74) is 1.63. The van der Waals surface area contributed by atoms with Gasteiger partial charge in [-0.2, -0.15) is 0 Å². The van der Waals surface area contributed by atoms with Crippen LogP contribution in [-0.2, 0) is 0 Å². The monoisotopic (exact) mass is 267 g/mol. The van der Waals surface area contributed by atoms with Crippen molar-refractivity contribution in [2.75, 3.05) is 6.54 Å². The molecule has 1 aromatic carbocycles. The summed E-state index contributed by atoms with van der Waals surface area (Å²) in [6.45, 7) is 0.409. The van der Waals surface area contributed by atoms with Crippen molar-refractivity contribution in [3.8, 4) is 5.75 Å². The molecule has 20 heavy (non-hydrogen) atoms. The number of pyridine rings is 1. The Labute approximate surface area is 115 Å². The van der Waals surface area contributed by atoms with Crippen LogP contribution in [0, 0.1) is 0 Å². The van der Waals surface area contributed by atoms with E-state index in [1.54, 1.807) is 30.5 Å². The van der Waals surface area contributed by atoms with Crippen molar-refractivity contribution in [1.29, 1.82) is 0 Å². The molecule has 2 aromatic rings. The van der Waals surface area contributed by atoms with E-state index in [1.807, 2.05) is 12.1 Å². The van der Waals surface area contributed by atoms with Crippen LogP contribution in [0.5, 0.6) is 5.75 Å². The minimum absolute atomic E-state index is 0.0708. The fourth-order valence-electron chi connectivity index (χ4n) is 2.05. The zero-order valence-electron chi connectivity index (χ0n) is 10.7. The Morgan fingerprint density at radius 3 is 3.00 bits per heavy atom. The molecule has 0 bridgehead atoms. The number of rotatable bonds is 3. The molecule has 0 fully saturated rings.